The molecule has 1 N–H and O–H groups in total. The lowest BCUT2D eigenvalue weighted by molar-refractivity contribution is 0.0775. The Balaban J connectivity index is 1.43. The lowest BCUT2D eigenvalue weighted by Gasteiger charge is -2.33. The highest BCUT2D eigenvalue weighted by Crippen LogP contribution is 2.28. The van der Waals surface area contributed by atoms with Crippen LogP contribution in [0.25, 0.3) is 0 Å². The Labute approximate surface area is 160 Å². The van der Waals surface area contributed by atoms with Crippen LogP contribution in [-0.2, 0) is 13.6 Å². The molecule has 2 aliphatic rings. The van der Waals surface area contributed by atoms with Crippen molar-refractivity contribution in [3.05, 3.63) is 29.5 Å². The van der Waals surface area contributed by atoms with Crippen molar-refractivity contribution in [2.24, 2.45) is 7.05 Å². The van der Waals surface area contributed by atoms with Crippen molar-refractivity contribution in [1.82, 2.24) is 29.9 Å². The summed E-state index contributed by atoms with van der Waals surface area (Å²) in [7, 11) is 2.08. The Morgan fingerprint density at radius 1 is 1.04 bits per heavy atom. The number of aliphatic hydroxyl groups is 1. The topological polar surface area (TPSA) is 83.2 Å². The summed E-state index contributed by atoms with van der Waals surface area (Å²) in [5.74, 6) is 3.37. The second-order valence-electron chi connectivity index (χ2n) is 7.86. The minimum atomic E-state index is -0.144. The number of aromatic nitrogens is 5. The van der Waals surface area contributed by atoms with Crippen molar-refractivity contribution in [1.29, 1.82) is 0 Å². The van der Waals surface area contributed by atoms with Crippen molar-refractivity contribution in [2.45, 2.75) is 51.2 Å². The number of aryl methyl sites for hydroxylation is 1. The number of rotatable bonds is 4. The van der Waals surface area contributed by atoms with Gasteiger partial charge in [-0.05, 0) is 44.7 Å². The van der Waals surface area contributed by atoms with Gasteiger partial charge in [0.1, 0.15) is 11.6 Å². The standard InChI is InChI=1S/C19H29N7O/c1-14-5-6-17(21-20-14)26-9-3-4-15(12-26)19-23-22-18(24(19)2)13-25-10-7-16(27)8-11-25/h5-6,15-16,27H,3-4,7-13H2,1-2H3. The third-order valence-electron chi connectivity index (χ3n) is 5.82. The van der Waals surface area contributed by atoms with Crippen molar-refractivity contribution in [2.75, 3.05) is 31.1 Å². The molecule has 2 aliphatic heterocycles. The van der Waals surface area contributed by atoms with Gasteiger partial charge >= 0.3 is 0 Å². The van der Waals surface area contributed by atoms with Gasteiger partial charge in [-0.25, -0.2) is 0 Å². The number of piperidine rings is 2. The van der Waals surface area contributed by atoms with Crippen LogP contribution in [0.2, 0.25) is 0 Å². The molecule has 27 heavy (non-hydrogen) atoms. The fraction of sp³-hybridized carbons (Fsp3) is 0.684. The Hall–Kier alpha value is -2.06. The summed E-state index contributed by atoms with van der Waals surface area (Å²) >= 11 is 0. The van der Waals surface area contributed by atoms with Crippen molar-refractivity contribution in [3.8, 4) is 0 Å². The van der Waals surface area contributed by atoms with Gasteiger partial charge in [0.05, 0.1) is 18.3 Å². The lowest BCUT2D eigenvalue weighted by Crippen LogP contribution is -2.37. The number of hydrogen-bond acceptors (Lipinski definition) is 7. The van der Waals surface area contributed by atoms with Gasteiger partial charge < -0.3 is 14.6 Å². The van der Waals surface area contributed by atoms with E-state index in [9.17, 15) is 5.11 Å². The Morgan fingerprint density at radius 2 is 1.85 bits per heavy atom. The van der Waals surface area contributed by atoms with Crippen molar-refractivity contribution >= 4 is 5.82 Å². The van der Waals surface area contributed by atoms with E-state index in [0.717, 1.165) is 81.6 Å². The van der Waals surface area contributed by atoms with Crippen LogP contribution in [0.3, 0.4) is 0 Å². The smallest absolute Gasteiger partial charge is 0.151 e. The molecule has 2 aromatic rings. The Kier molecular flexibility index (Phi) is 5.36. The van der Waals surface area contributed by atoms with Crippen LogP contribution in [-0.4, -0.2) is 67.3 Å². The second kappa shape index (κ2) is 7.90. The molecule has 0 saturated carbocycles. The largest absolute Gasteiger partial charge is 0.393 e. The summed E-state index contributed by atoms with van der Waals surface area (Å²) in [6.45, 7) is 6.52. The summed E-state index contributed by atoms with van der Waals surface area (Å²) in [6, 6.07) is 4.07. The maximum Gasteiger partial charge on any atom is 0.151 e. The number of hydrogen-bond donors (Lipinski definition) is 1. The number of aliphatic hydroxyl groups excluding tert-OH is 1. The van der Waals surface area contributed by atoms with Gasteiger partial charge in [0.25, 0.3) is 0 Å². The molecule has 2 aromatic heterocycles. The molecule has 2 fully saturated rings. The first-order valence-electron chi connectivity index (χ1n) is 9.94. The monoisotopic (exact) mass is 371 g/mol. The zero-order chi connectivity index (χ0) is 18.8. The first-order valence-corrected chi connectivity index (χ1v) is 9.94. The van der Waals surface area contributed by atoms with E-state index in [1.807, 2.05) is 13.0 Å². The zero-order valence-corrected chi connectivity index (χ0v) is 16.3. The van der Waals surface area contributed by atoms with E-state index in [4.69, 9.17) is 0 Å². The highest BCUT2D eigenvalue weighted by Gasteiger charge is 2.27. The highest BCUT2D eigenvalue weighted by atomic mass is 16.3. The molecule has 4 heterocycles. The van der Waals surface area contributed by atoms with Crippen LogP contribution < -0.4 is 4.90 Å². The fourth-order valence-corrected chi connectivity index (χ4v) is 4.10. The van der Waals surface area contributed by atoms with Crippen LogP contribution in [0.1, 0.15) is 48.9 Å². The molecule has 146 valence electrons. The van der Waals surface area contributed by atoms with Gasteiger partial charge in [0.2, 0.25) is 0 Å². The van der Waals surface area contributed by atoms with E-state index < -0.39 is 0 Å². The summed E-state index contributed by atoms with van der Waals surface area (Å²) in [6.07, 6.45) is 3.79. The minimum absolute atomic E-state index is 0.144. The number of likely N-dealkylation sites (tertiary alicyclic amines) is 1. The van der Waals surface area contributed by atoms with Crippen LogP contribution in [0.5, 0.6) is 0 Å². The second-order valence-corrected chi connectivity index (χ2v) is 7.86. The third kappa shape index (κ3) is 4.11. The molecule has 0 aromatic carbocycles. The Morgan fingerprint density at radius 3 is 2.59 bits per heavy atom. The van der Waals surface area contributed by atoms with E-state index >= 15 is 0 Å². The summed E-state index contributed by atoms with van der Waals surface area (Å²) in [5, 5.41) is 27.2. The van der Waals surface area contributed by atoms with E-state index in [1.54, 1.807) is 0 Å². The summed E-state index contributed by atoms with van der Waals surface area (Å²) < 4.78 is 2.17. The van der Waals surface area contributed by atoms with Crippen molar-refractivity contribution < 1.29 is 5.11 Å². The molecule has 8 heteroatoms. The van der Waals surface area contributed by atoms with Gasteiger partial charge in [0.15, 0.2) is 5.82 Å². The van der Waals surface area contributed by atoms with E-state index in [1.165, 1.54) is 0 Å². The van der Waals surface area contributed by atoms with E-state index in [-0.39, 0.29) is 6.10 Å². The number of nitrogens with zero attached hydrogens (tertiary/aromatic N) is 7. The molecule has 0 amide bonds. The molecule has 4 rings (SSSR count). The van der Waals surface area contributed by atoms with Crippen molar-refractivity contribution in [3.63, 3.8) is 0 Å². The van der Waals surface area contributed by atoms with Crippen LogP contribution >= 0.6 is 0 Å². The van der Waals surface area contributed by atoms with Crippen LogP contribution in [0, 0.1) is 6.92 Å². The van der Waals surface area contributed by atoms with Gasteiger partial charge in [-0.3, -0.25) is 4.90 Å². The SMILES string of the molecule is Cc1ccc(N2CCCC(c3nnc(CN4CCC(O)CC4)n3C)C2)nn1. The first-order chi connectivity index (χ1) is 13.1. The molecular formula is C19H29N7O. The maximum atomic E-state index is 9.68. The maximum absolute atomic E-state index is 9.68. The highest BCUT2D eigenvalue weighted by molar-refractivity contribution is 5.38. The summed E-state index contributed by atoms with van der Waals surface area (Å²) in [5.41, 5.74) is 0.940. The van der Waals surface area contributed by atoms with Gasteiger partial charge in [0, 0.05) is 39.1 Å². The molecular weight excluding hydrogens is 342 g/mol. The summed E-state index contributed by atoms with van der Waals surface area (Å²) in [4.78, 5) is 4.66. The van der Waals surface area contributed by atoms with Gasteiger partial charge in [-0.2, -0.15) is 5.10 Å². The van der Waals surface area contributed by atoms with Gasteiger partial charge in [-0.15, -0.1) is 15.3 Å². The average Bonchev–Trinajstić information content (AvgIpc) is 3.05. The lowest BCUT2D eigenvalue weighted by atomic mass is 9.97. The molecule has 0 aliphatic carbocycles. The fourth-order valence-electron chi connectivity index (χ4n) is 4.10. The molecule has 0 radical (unpaired) electrons. The average molecular weight is 371 g/mol. The normalized spacial score (nSPS) is 22.3. The molecule has 1 unspecified atom stereocenters. The van der Waals surface area contributed by atoms with Gasteiger partial charge in [-0.1, -0.05) is 0 Å². The van der Waals surface area contributed by atoms with E-state index in [0.29, 0.717) is 5.92 Å². The minimum Gasteiger partial charge on any atom is -0.393 e. The molecule has 2 saturated heterocycles. The predicted molar refractivity (Wildman–Crippen MR) is 102 cm³/mol. The zero-order valence-electron chi connectivity index (χ0n) is 16.3. The molecule has 0 spiro atoms. The number of anilines is 1. The predicted octanol–water partition coefficient (Wildman–Crippen LogP) is 1.25. The van der Waals surface area contributed by atoms with E-state index in [2.05, 4.69) is 47.9 Å². The van der Waals surface area contributed by atoms with Crippen LogP contribution in [0.4, 0.5) is 5.82 Å². The third-order valence-corrected chi connectivity index (χ3v) is 5.82. The molecule has 8 nitrogen and oxygen atoms in total. The Bertz CT molecular complexity index is 752. The first kappa shape index (κ1) is 18.3. The van der Waals surface area contributed by atoms with Crippen LogP contribution in [0.15, 0.2) is 12.1 Å². The quantitative estimate of drug-likeness (QED) is 0.866. The molecule has 1 atom stereocenters. The molecule has 0 bridgehead atoms.